The summed E-state index contributed by atoms with van der Waals surface area (Å²) in [5, 5.41) is 10.2. The zero-order valence-electron chi connectivity index (χ0n) is 13.8. The minimum absolute atomic E-state index is 0.0347. The highest BCUT2D eigenvalue weighted by Gasteiger charge is 2.49. The number of carbonyl (C=O) groups excluding carboxylic acids is 2. The Morgan fingerprint density at radius 3 is 3.08 bits per heavy atom. The van der Waals surface area contributed by atoms with Gasteiger partial charge in [-0.15, -0.1) is 0 Å². The Bertz CT molecular complexity index is 812. The molecule has 2 aliphatic rings. The van der Waals surface area contributed by atoms with Crippen LogP contribution in [0.2, 0.25) is 0 Å². The van der Waals surface area contributed by atoms with Crippen molar-refractivity contribution in [1.29, 1.82) is 0 Å². The average Bonchev–Trinajstić information content (AvgIpc) is 3.06. The molecule has 24 heavy (non-hydrogen) atoms. The lowest BCUT2D eigenvalue weighted by molar-refractivity contribution is -0.119. The molecule has 0 radical (unpaired) electrons. The molecule has 1 aliphatic carbocycles. The maximum Gasteiger partial charge on any atom is 0.319 e. The Labute approximate surface area is 140 Å². The Hall–Kier alpha value is -2.50. The first-order chi connectivity index (χ1) is 11.6. The van der Waals surface area contributed by atoms with Crippen LogP contribution in [0.5, 0.6) is 0 Å². The minimum atomic E-state index is -0.436. The van der Waals surface area contributed by atoms with E-state index in [1.807, 2.05) is 42.1 Å². The number of amides is 3. The van der Waals surface area contributed by atoms with Crippen LogP contribution in [0, 0.1) is 0 Å². The monoisotopic (exact) mass is 326 g/mol. The third-order valence-electron chi connectivity index (χ3n) is 5.35. The highest BCUT2D eigenvalue weighted by atomic mass is 16.2. The van der Waals surface area contributed by atoms with Gasteiger partial charge in [0.25, 0.3) is 0 Å². The molecule has 6 nitrogen and oxygen atoms in total. The van der Waals surface area contributed by atoms with Gasteiger partial charge in [-0.1, -0.05) is 18.9 Å². The second kappa shape index (κ2) is 5.54. The number of aromatic nitrogens is 1. The fourth-order valence-electron chi connectivity index (χ4n) is 4.12. The number of hydrogen-bond donors (Lipinski definition) is 3. The zero-order valence-corrected chi connectivity index (χ0v) is 13.8. The van der Waals surface area contributed by atoms with Crippen LogP contribution in [-0.2, 0) is 11.8 Å². The fourth-order valence-corrected chi connectivity index (χ4v) is 4.12. The smallest absolute Gasteiger partial charge is 0.319 e. The molecule has 2 atom stereocenters. The minimum Gasteiger partial charge on any atom is -0.351 e. The molecule has 1 saturated heterocycles. The largest absolute Gasteiger partial charge is 0.351 e. The van der Waals surface area contributed by atoms with Gasteiger partial charge in [0.15, 0.2) is 0 Å². The number of hydrogen-bond acceptors (Lipinski definition) is 2. The van der Waals surface area contributed by atoms with Crippen LogP contribution in [0.3, 0.4) is 0 Å². The van der Waals surface area contributed by atoms with Crippen LogP contribution in [0.1, 0.15) is 32.1 Å². The molecule has 1 aromatic carbocycles. The van der Waals surface area contributed by atoms with Crippen LogP contribution in [0.4, 0.5) is 10.5 Å². The summed E-state index contributed by atoms with van der Waals surface area (Å²) in [6.45, 7) is 0. The van der Waals surface area contributed by atoms with Crippen molar-refractivity contribution in [3.8, 4) is 0 Å². The number of nitrogens with zero attached hydrogens (tertiary/aromatic N) is 1. The number of nitrogens with one attached hydrogen (secondary N) is 3. The quantitative estimate of drug-likeness (QED) is 0.793. The molecular formula is C18H22N4O2. The number of benzene rings is 1. The van der Waals surface area contributed by atoms with Gasteiger partial charge >= 0.3 is 6.03 Å². The van der Waals surface area contributed by atoms with Gasteiger partial charge in [0.2, 0.25) is 5.91 Å². The zero-order chi connectivity index (χ0) is 16.7. The van der Waals surface area contributed by atoms with Crippen LogP contribution >= 0.6 is 0 Å². The second-order valence-corrected chi connectivity index (χ2v) is 6.98. The summed E-state index contributed by atoms with van der Waals surface area (Å²) in [4.78, 5) is 24.3. The Balaban J connectivity index is 1.51. The number of urea groups is 1. The third kappa shape index (κ3) is 2.52. The van der Waals surface area contributed by atoms with Gasteiger partial charge in [0.05, 0.1) is 18.0 Å². The SMILES string of the molecule is Cn1ccc2ccc(NC(=O)N[C@@]34CCCC[C@@H]3NC(=O)C4)cc21. The van der Waals surface area contributed by atoms with E-state index < -0.39 is 5.54 Å². The van der Waals surface area contributed by atoms with Crippen molar-refractivity contribution >= 4 is 28.5 Å². The third-order valence-corrected chi connectivity index (χ3v) is 5.35. The summed E-state index contributed by atoms with van der Waals surface area (Å²) >= 11 is 0. The molecular weight excluding hydrogens is 304 g/mol. The van der Waals surface area contributed by atoms with Crippen molar-refractivity contribution < 1.29 is 9.59 Å². The van der Waals surface area contributed by atoms with E-state index in [-0.39, 0.29) is 18.0 Å². The van der Waals surface area contributed by atoms with Crippen LogP contribution in [0.25, 0.3) is 10.9 Å². The molecule has 126 valence electrons. The summed E-state index contributed by atoms with van der Waals surface area (Å²) in [6.07, 6.45) is 6.29. The summed E-state index contributed by atoms with van der Waals surface area (Å²) in [5.41, 5.74) is 1.39. The highest BCUT2D eigenvalue weighted by Crippen LogP contribution is 2.35. The summed E-state index contributed by atoms with van der Waals surface area (Å²) in [6, 6.07) is 7.71. The first-order valence-electron chi connectivity index (χ1n) is 8.49. The van der Waals surface area contributed by atoms with E-state index in [4.69, 9.17) is 0 Å². The molecule has 3 amide bonds. The molecule has 1 aliphatic heterocycles. The molecule has 1 aromatic heterocycles. The molecule has 6 heteroatoms. The van der Waals surface area contributed by atoms with E-state index in [1.165, 1.54) is 0 Å². The normalized spacial score (nSPS) is 26.0. The first-order valence-corrected chi connectivity index (χ1v) is 8.49. The maximum absolute atomic E-state index is 12.5. The fraction of sp³-hybridized carbons (Fsp3) is 0.444. The standard InChI is InChI=1S/C18H22N4O2/c1-22-9-7-12-5-6-13(10-14(12)22)19-17(24)21-18-8-3-2-4-15(18)20-16(23)11-18/h5-7,9-10,15H,2-4,8,11H2,1H3,(H,20,23)(H2,19,21,24)/t15-,18+/m0/s1. The van der Waals surface area contributed by atoms with Crippen molar-refractivity contribution in [1.82, 2.24) is 15.2 Å². The number of fused-ring (bicyclic) bond motifs is 2. The lowest BCUT2D eigenvalue weighted by atomic mass is 9.78. The van der Waals surface area contributed by atoms with Gasteiger partial charge in [0.1, 0.15) is 0 Å². The summed E-state index contributed by atoms with van der Waals surface area (Å²) in [5.74, 6) is 0.0347. The highest BCUT2D eigenvalue weighted by molar-refractivity contribution is 5.94. The van der Waals surface area contributed by atoms with Crippen molar-refractivity contribution in [2.24, 2.45) is 7.05 Å². The van der Waals surface area contributed by atoms with E-state index >= 15 is 0 Å². The van der Waals surface area contributed by atoms with Gasteiger partial charge in [-0.2, -0.15) is 0 Å². The molecule has 0 bridgehead atoms. The maximum atomic E-state index is 12.5. The number of rotatable bonds is 2. The molecule has 0 unspecified atom stereocenters. The molecule has 0 spiro atoms. The Morgan fingerprint density at radius 1 is 1.33 bits per heavy atom. The van der Waals surface area contributed by atoms with Crippen molar-refractivity contribution in [2.75, 3.05) is 5.32 Å². The van der Waals surface area contributed by atoms with E-state index in [0.717, 1.165) is 42.3 Å². The van der Waals surface area contributed by atoms with Gasteiger partial charge in [-0.05, 0) is 36.4 Å². The van der Waals surface area contributed by atoms with E-state index in [2.05, 4.69) is 16.0 Å². The average molecular weight is 326 g/mol. The number of aryl methyl sites for hydroxylation is 1. The van der Waals surface area contributed by atoms with Crippen LogP contribution < -0.4 is 16.0 Å². The van der Waals surface area contributed by atoms with Crippen molar-refractivity contribution in [3.63, 3.8) is 0 Å². The predicted octanol–water partition coefficient (Wildman–Crippen LogP) is 2.50. The predicted molar refractivity (Wildman–Crippen MR) is 92.8 cm³/mol. The molecule has 3 N–H and O–H groups in total. The molecule has 2 fully saturated rings. The van der Waals surface area contributed by atoms with Crippen LogP contribution in [0.15, 0.2) is 30.5 Å². The van der Waals surface area contributed by atoms with Crippen molar-refractivity contribution in [2.45, 2.75) is 43.7 Å². The number of carbonyl (C=O) groups is 2. The van der Waals surface area contributed by atoms with Gasteiger partial charge in [0, 0.05) is 24.4 Å². The topological polar surface area (TPSA) is 75.2 Å². The van der Waals surface area contributed by atoms with Gasteiger partial charge in [-0.25, -0.2) is 4.79 Å². The molecule has 1 saturated carbocycles. The molecule has 4 rings (SSSR count). The van der Waals surface area contributed by atoms with E-state index in [9.17, 15) is 9.59 Å². The van der Waals surface area contributed by atoms with Gasteiger partial charge < -0.3 is 20.5 Å². The number of anilines is 1. The van der Waals surface area contributed by atoms with Gasteiger partial charge in [-0.3, -0.25) is 4.79 Å². The lowest BCUT2D eigenvalue weighted by Crippen LogP contribution is -2.58. The first kappa shape index (κ1) is 15.1. The molecule has 2 aromatic rings. The summed E-state index contributed by atoms with van der Waals surface area (Å²) < 4.78 is 2.02. The lowest BCUT2D eigenvalue weighted by Gasteiger charge is -2.38. The van der Waals surface area contributed by atoms with E-state index in [1.54, 1.807) is 0 Å². The Morgan fingerprint density at radius 2 is 2.21 bits per heavy atom. The summed E-state index contributed by atoms with van der Waals surface area (Å²) in [7, 11) is 1.98. The second-order valence-electron chi connectivity index (χ2n) is 6.98. The van der Waals surface area contributed by atoms with Crippen molar-refractivity contribution in [3.05, 3.63) is 30.5 Å². The van der Waals surface area contributed by atoms with Crippen LogP contribution in [-0.4, -0.2) is 28.1 Å². The van der Waals surface area contributed by atoms with E-state index in [0.29, 0.717) is 6.42 Å². The Kier molecular flexibility index (Phi) is 3.48. The molecule has 2 heterocycles.